The highest BCUT2D eigenvalue weighted by atomic mass is 16.2. The van der Waals surface area contributed by atoms with Crippen molar-refractivity contribution in [3.8, 4) is 0 Å². The van der Waals surface area contributed by atoms with Gasteiger partial charge in [-0.25, -0.2) is 4.98 Å². The van der Waals surface area contributed by atoms with Crippen molar-refractivity contribution >= 4 is 35.0 Å². The summed E-state index contributed by atoms with van der Waals surface area (Å²) >= 11 is 0. The predicted molar refractivity (Wildman–Crippen MR) is 116 cm³/mol. The molecule has 158 valence electrons. The molecular formula is C21H27N7O2. The molecule has 1 saturated carbocycles. The Morgan fingerprint density at radius 1 is 1.17 bits per heavy atom. The van der Waals surface area contributed by atoms with Crippen LogP contribution < -0.4 is 21.3 Å². The quantitative estimate of drug-likeness (QED) is 0.668. The maximum absolute atomic E-state index is 11.7. The first-order chi connectivity index (χ1) is 14.4. The number of piperazine rings is 1. The fourth-order valence-corrected chi connectivity index (χ4v) is 3.70. The van der Waals surface area contributed by atoms with Crippen molar-refractivity contribution in [2.24, 2.45) is 5.73 Å². The van der Waals surface area contributed by atoms with Crippen LogP contribution in [0, 0.1) is 0 Å². The summed E-state index contributed by atoms with van der Waals surface area (Å²) in [5.74, 6) is 0.448. The van der Waals surface area contributed by atoms with Crippen LogP contribution in [0.2, 0.25) is 0 Å². The van der Waals surface area contributed by atoms with E-state index < -0.39 is 5.91 Å². The zero-order chi connectivity index (χ0) is 21.3. The van der Waals surface area contributed by atoms with E-state index in [1.165, 1.54) is 6.20 Å². The summed E-state index contributed by atoms with van der Waals surface area (Å²) in [6.45, 7) is 6.04. The lowest BCUT2D eigenvalue weighted by molar-refractivity contribution is -0.131. The van der Waals surface area contributed by atoms with Gasteiger partial charge in [-0.1, -0.05) is 0 Å². The molecule has 2 heterocycles. The number of anilines is 4. The Balaban J connectivity index is 1.43. The number of carbonyl (C=O) groups is 2. The summed E-state index contributed by atoms with van der Waals surface area (Å²) in [5, 5.41) is 6.41. The SMILES string of the molecule is CC(=O)N1CCN(c2ccc(Nc3ncc(C(N)=O)c(NC4CC4)n3)cc2)C[C@@H]1C. The predicted octanol–water partition coefficient (Wildman–Crippen LogP) is 1.95. The molecule has 30 heavy (non-hydrogen) atoms. The number of benzene rings is 1. The van der Waals surface area contributed by atoms with Gasteiger partial charge in [-0.2, -0.15) is 4.98 Å². The zero-order valence-corrected chi connectivity index (χ0v) is 17.3. The summed E-state index contributed by atoms with van der Waals surface area (Å²) in [7, 11) is 0. The molecule has 4 rings (SSSR count). The number of carbonyl (C=O) groups excluding carboxylic acids is 2. The summed E-state index contributed by atoms with van der Waals surface area (Å²) in [4.78, 5) is 36.1. The summed E-state index contributed by atoms with van der Waals surface area (Å²) < 4.78 is 0. The summed E-state index contributed by atoms with van der Waals surface area (Å²) in [5.41, 5.74) is 7.68. The van der Waals surface area contributed by atoms with E-state index in [1.54, 1.807) is 6.92 Å². The van der Waals surface area contributed by atoms with E-state index in [0.29, 0.717) is 23.4 Å². The maximum atomic E-state index is 11.7. The fraction of sp³-hybridized carbons (Fsp3) is 0.429. The van der Waals surface area contributed by atoms with Crippen molar-refractivity contribution in [3.05, 3.63) is 36.0 Å². The molecule has 0 spiro atoms. The molecule has 9 heteroatoms. The van der Waals surface area contributed by atoms with E-state index in [2.05, 4.69) is 32.4 Å². The minimum Gasteiger partial charge on any atom is -0.368 e. The highest BCUT2D eigenvalue weighted by molar-refractivity contribution is 5.97. The minimum absolute atomic E-state index is 0.125. The van der Waals surface area contributed by atoms with Gasteiger partial charge in [-0.05, 0) is 44.0 Å². The number of primary amides is 1. The number of hydrogen-bond acceptors (Lipinski definition) is 7. The molecule has 0 bridgehead atoms. The van der Waals surface area contributed by atoms with Crippen molar-refractivity contribution in [1.82, 2.24) is 14.9 Å². The third-order valence-corrected chi connectivity index (χ3v) is 5.49. The molecule has 4 N–H and O–H groups in total. The molecule has 9 nitrogen and oxygen atoms in total. The van der Waals surface area contributed by atoms with Crippen molar-refractivity contribution in [2.45, 2.75) is 38.8 Å². The molecular weight excluding hydrogens is 382 g/mol. The number of nitrogens with zero attached hydrogens (tertiary/aromatic N) is 4. The number of nitrogens with one attached hydrogen (secondary N) is 2. The summed E-state index contributed by atoms with van der Waals surface area (Å²) in [6.07, 6.45) is 3.57. The first-order valence-corrected chi connectivity index (χ1v) is 10.2. The molecule has 1 saturated heterocycles. The molecule has 1 aromatic heterocycles. The molecule has 2 aromatic rings. The molecule has 1 aliphatic carbocycles. The van der Waals surface area contributed by atoms with E-state index in [4.69, 9.17) is 5.73 Å². The van der Waals surface area contributed by atoms with Crippen LogP contribution in [-0.4, -0.2) is 58.4 Å². The molecule has 2 amide bonds. The molecule has 2 aliphatic rings. The average molecular weight is 409 g/mol. The van der Waals surface area contributed by atoms with Gasteiger partial charge >= 0.3 is 0 Å². The van der Waals surface area contributed by atoms with Crippen molar-refractivity contribution in [1.29, 1.82) is 0 Å². The average Bonchev–Trinajstić information content (AvgIpc) is 3.52. The van der Waals surface area contributed by atoms with Gasteiger partial charge in [0.25, 0.3) is 5.91 Å². The van der Waals surface area contributed by atoms with Crippen LogP contribution in [0.25, 0.3) is 0 Å². The molecule has 0 unspecified atom stereocenters. The zero-order valence-electron chi connectivity index (χ0n) is 17.3. The van der Waals surface area contributed by atoms with Crippen LogP contribution in [0.3, 0.4) is 0 Å². The largest absolute Gasteiger partial charge is 0.368 e. The first kappa shape index (κ1) is 19.9. The second-order valence-electron chi connectivity index (χ2n) is 7.92. The number of nitrogens with two attached hydrogens (primary N) is 1. The normalized spacial score (nSPS) is 18.8. The lowest BCUT2D eigenvalue weighted by Gasteiger charge is -2.40. The van der Waals surface area contributed by atoms with Gasteiger partial charge in [-0.3, -0.25) is 9.59 Å². The monoisotopic (exact) mass is 409 g/mol. The van der Waals surface area contributed by atoms with Crippen molar-refractivity contribution < 1.29 is 9.59 Å². The van der Waals surface area contributed by atoms with Crippen LogP contribution >= 0.6 is 0 Å². The molecule has 1 aliphatic heterocycles. The third kappa shape index (κ3) is 4.45. The smallest absolute Gasteiger partial charge is 0.254 e. The molecule has 0 radical (unpaired) electrons. The van der Waals surface area contributed by atoms with E-state index >= 15 is 0 Å². The topological polar surface area (TPSA) is 116 Å². The first-order valence-electron chi connectivity index (χ1n) is 10.2. The number of rotatable bonds is 6. The van der Waals surface area contributed by atoms with Crippen molar-refractivity contribution in [2.75, 3.05) is 35.2 Å². The Morgan fingerprint density at radius 3 is 2.50 bits per heavy atom. The van der Waals surface area contributed by atoms with Gasteiger partial charge < -0.3 is 26.2 Å². The Morgan fingerprint density at radius 2 is 1.90 bits per heavy atom. The Bertz CT molecular complexity index is 943. The lowest BCUT2D eigenvalue weighted by atomic mass is 10.1. The molecule has 1 atom stereocenters. The van der Waals surface area contributed by atoms with E-state index in [1.807, 2.05) is 29.2 Å². The van der Waals surface area contributed by atoms with Gasteiger partial charge in [0.05, 0.1) is 5.56 Å². The van der Waals surface area contributed by atoms with Crippen molar-refractivity contribution in [3.63, 3.8) is 0 Å². The van der Waals surface area contributed by atoms with Crippen LogP contribution in [0.1, 0.15) is 37.0 Å². The highest BCUT2D eigenvalue weighted by Gasteiger charge is 2.26. The minimum atomic E-state index is -0.548. The van der Waals surface area contributed by atoms with Gasteiger partial charge in [0.15, 0.2) is 0 Å². The van der Waals surface area contributed by atoms with E-state index in [9.17, 15) is 9.59 Å². The Hall–Kier alpha value is -3.36. The summed E-state index contributed by atoms with van der Waals surface area (Å²) in [6, 6.07) is 8.55. The number of hydrogen-bond donors (Lipinski definition) is 3. The van der Waals surface area contributed by atoms with Gasteiger partial charge in [0.1, 0.15) is 5.82 Å². The molecule has 2 fully saturated rings. The van der Waals surface area contributed by atoms with E-state index in [-0.39, 0.29) is 11.9 Å². The van der Waals surface area contributed by atoms with Gasteiger partial charge in [0.2, 0.25) is 11.9 Å². The van der Waals surface area contributed by atoms with Gasteiger partial charge in [0, 0.05) is 56.2 Å². The van der Waals surface area contributed by atoms with Crippen LogP contribution in [0.15, 0.2) is 30.5 Å². The second-order valence-corrected chi connectivity index (χ2v) is 7.92. The Labute approximate surface area is 175 Å². The van der Waals surface area contributed by atoms with Crippen LogP contribution in [0.5, 0.6) is 0 Å². The third-order valence-electron chi connectivity index (χ3n) is 5.49. The van der Waals surface area contributed by atoms with E-state index in [0.717, 1.165) is 43.9 Å². The highest BCUT2D eigenvalue weighted by Crippen LogP contribution is 2.27. The lowest BCUT2D eigenvalue weighted by Crippen LogP contribution is -2.53. The number of amides is 2. The fourth-order valence-electron chi connectivity index (χ4n) is 3.70. The standard InChI is InChI=1S/C21H27N7O2/c1-13-12-27(9-10-28(13)14(2)29)17-7-5-16(6-8-17)25-21-23-11-18(19(22)30)20(26-21)24-15-3-4-15/h5-8,11,13,15H,3-4,9-10,12H2,1-2H3,(H2,22,30)(H2,23,24,25,26)/t13-/m0/s1. The van der Waals surface area contributed by atoms with Gasteiger partial charge in [-0.15, -0.1) is 0 Å². The van der Waals surface area contributed by atoms with Crippen LogP contribution in [0.4, 0.5) is 23.1 Å². The molecule has 1 aromatic carbocycles. The Kier molecular flexibility index (Phi) is 5.43. The number of aromatic nitrogens is 2. The van der Waals surface area contributed by atoms with Crippen LogP contribution in [-0.2, 0) is 4.79 Å². The maximum Gasteiger partial charge on any atom is 0.254 e. The second kappa shape index (κ2) is 8.17.